The SMILES string of the molecule is CCC1CN(C(=O)C2(C(N)=NO)CCC2)CCO1. The van der Waals surface area contributed by atoms with E-state index in [1.807, 2.05) is 6.92 Å². The van der Waals surface area contributed by atoms with Gasteiger partial charge in [0.15, 0.2) is 5.84 Å². The molecule has 6 heteroatoms. The average Bonchev–Trinajstić information content (AvgIpc) is 2.37. The lowest BCUT2D eigenvalue weighted by Crippen LogP contribution is -2.58. The van der Waals surface area contributed by atoms with Crippen LogP contribution in [0.15, 0.2) is 5.16 Å². The highest BCUT2D eigenvalue weighted by Gasteiger charge is 2.50. The zero-order chi connectivity index (χ0) is 13.2. The number of amidine groups is 1. The van der Waals surface area contributed by atoms with E-state index in [1.54, 1.807) is 4.90 Å². The number of rotatable bonds is 3. The number of nitrogens with two attached hydrogens (primary N) is 1. The second-order valence-corrected chi connectivity index (χ2v) is 5.07. The number of morpholine rings is 1. The summed E-state index contributed by atoms with van der Waals surface area (Å²) in [5, 5.41) is 11.9. The van der Waals surface area contributed by atoms with Crippen LogP contribution in [0.1, 0.15) is 32.6 Å². The Labute approximate surface area is 107 Å². The quantitative estimate of drug-likeness (QED) is 0.333. The average molecular weight is 255 g/mol. The molecule has 2 aliphatic rings. The van der Waals surface area contributed by atoms with Crippen molar-refractivity contribution in [2.24, 2.45) is 16.3 Å². The molecule has 3 N–H and O–H groups in total. The highest BCUT2D eigenvalue weighted by Crippen LogP contribution is 2.43. The van der Waals surface area contributed by atoms with Gasteiger partial charge in [0.05, 0.1) is 12.7 Å². The highest BCUT2D eigenvalue weighted by atomic mass is 16.5. The molecule has 0 spiro atoms. The van der Waals surface area contributed by atoms with Crippen LogP contribution in [0.5, 0.6) is 0 Å². The fraction of sp³-hybridized carbons (Fsp3) is 0.833. The van der Waals surface area contributed by atoms with Gasteiger partial charge in [0.25, 0.3) is 0 Å². The van der Waals surface area contributed by atoms with Gasteiger partial charge in [-0.15, -0.1) is 0 Å². The van der Waals surface area contributed by atoms with E-state index in [1.165, 1.54) is 0 Å². The van der Waals surface area contributed by atoms with Gasteiger partial charge in [-0.25, -0.2) is 0 Å². The van der Waals surface area contributed by atoms with E-state index in [0.29, 0.717) is 32.5 Å². The van der Waals surface area contributed by atoms with Crippen molar-refractivity contribution >= 4 is 11.7 Å². The third-order valence-electron chi connectivity index (χ3n) is 4.10. The summed E-state index contributed by atoms with van der Waals surface area (Å²) in [7, 11) is 0. The lowest BCUT2D eigenvalue weighted by Gasteiger charge is -2.44. The molecule has 1 saturated heterocycles. The van der Waals surface area contributed by atoms with E-state index in [9.17, 15) is 4.79 Å². The van der Waals surface area contributed by atoms with E-state index in [4.69, 9.17) is 15.7 Å². The molecule has 1 atom stereocenters. The first-order chi connectivity index (χ1) is 8.64. The van der Waals surface area contributed by atoms with Crippen LogP contribution in [0, 0.1) is 5.41 Å². The monoisotopic (exact) mass is 255 g/mol. The summed E-state index contributed by atoms with van der Waals surface area (Å²) in [4.78, 5) is 14.4. The Morgan fingerprint density at radius 1 is 1.61 bits per heavy atom. The second-order valence-electron chi connectivity index (χ2n) is 5.07. The van der Waals surface area contributed by atoms with E-state index in [0.717, 1.165) is 12.8 Å². The molecule has 1 saturated carbocycles. The maximum absolute atomic E-state index is 12.6. The molecule has 1 aliphatic carbocycles. The van der Waals surface area contributed by atoms with Gasteiger partial charge in [-0.05, 0) is 19.3 Å². The van der Waals surface area contributed by atoms with Crippen molar-refractivity contribution in [2.45, 2.75) is 38.7 Å². The van der Waals surface area contributed by atoms with Crippen LogP contribution in [0.4, 0.5) is 0 Å². The van der Waals surface area contributed by atoms with Crippen LogP contribution < -0.4 is 5.73 Å². The van der Waals surface area contributed by atoms with Gasteiger partial charge in [0.1, 0.15) is 5.41 Å². The normalized spacial score (nSPS) is 27.7. The van der Waals surface area contributed by atoms with Gasteiger partial charge in [-0.3, -0.25) is 4.79 Å². The number of nitrogens with zero attached hydrogens (tertiary/aromatic N) is 2. The maximum atomic E-state index is 12.6. The summed E-state index contributed by atoms with van der Waals surface area (Å²) in [6.45, 7) is 3.81. The van der Waals surface area contributed by atoms with Gasteiger partial charge in [-0.2, -0.15) is 0 Å². The number of hydrogen-bond donors (Lipinski definition) is 2. The number of oxime groups is 1. The number of carbonyl (C=O) groups excluding carboxylic acids is 1. The fourth-order valence-corrected chi connectivity index (χ4v) is 2.66. The molecule has 0 bridgehead atoms. The minimum absolute atomic E-state index is 0.00852. The first-order valence-electron chi connectivity index (χ1n) is 6.53. The van der Waals surface area contributed by atoms with E-state index >= 15 is 0 Å². The van der Waals surface area contributed by atoms with Crippen molar-refractivity contribution in [3.05, 3.63) is 0 Å². The molecule has 1 unspecified atom stereocenters. The molecule has 1 heterocycles. The lowest BCUT2D eigenvalue weighted by molar-refractivity contribution is -0.149. The molecular formula is C12H21N3O3. The largest absolute Gasteiger partial charge is 0.409 e. The molecule has 2 rings (SSSR count). The smallest absolute Gasteiger partial charge is 0.236 e. The standard InChI is InChI=1S/C12H21N3O3/c1-2-9-8-15(6-7-18-9)11(16)12(4-3-5-12)10(13)14-17/h9,17H,2-8H2,1H3,(H2,13,14). The summed E-state index contributed by atoms with van der Waals surface area (Å²) in [6.07, 6.45) is 3.29. The number of hydrogen-bond acceptors (Lipinski definition) is 4. The Bertz CT molecular complexity index is 352. The van der Waals surface area contributed by atoms with Crippen LogP contribution in [0.25, 0.3) is 0 Å². The van der Waals surface area contributed by atoms with E-state index in [2.05, 4.69) is 5.16 Å². The molecule has 2 fully saturated rings. The Hall–Kier alpha value is -1.30. The number of ether oxygens (including phenoxy) is 1. The molecular weight excluding hydrogens is 234 g/mol. The van der Waals surface area contributed by atoms with Gasteiger partial charge in [0.2, 0.25) is 5.91 Å². The lowest BCUT2D eigenvalue weighted by atomic mass is 9.66. The molecule has 0 aromatic rings. The third-order valence-corrected chi connectivity index (χ3v) is 4.10. The molecule has 6 nitrogen and oxygen atoms in total. The first-order valence-corrected chi connectivity index (χ1v) is 6.53. The van der Waals surface area contributed by atoms with E-state index < -0.39 is 5.41 Å². The maximum Gasteiger partial charge on any atom is 0.236 e. The van der Waals surface area contributed by atoms with Gasteiger partial charge in [-0.1, -0.05) is 18.5 Å². The number of carbonyl (C=O) groups is 1. The van der Waals surface area contributed by atoms with Gasteiger partial charge >= 0.3 is 0 Å². The summed E-state index contributed by atoms with van der Waals surface area (Å²) >= 11 is 0. The van der Waals surface area contributed by atoms with Crippen LogP contribution in [-0.4, -0.2) is 47.7 Å². The molecule has 0 aromatic carbocycles. The Balaban J connectivity index is 2.10. The van der Waals surface area contributed by atoms with Crippen molar-refractivity contribution in [1.82, 2.24) is 4.90 Å². The van der Waals surface area contributed by atoms with Crippen molar-refractivity contribution in [3.63, 3.8) is 0 Å². The molecule has 18 heavy (non-hydrogen) atoms. The van der Waals surface area contributed by atoms with Crippen molar-refractivity contribution < 1.29 is 14.7 Å². The Morgan fingerprint density at radius 2 is 2.33 bits per heavy atom. The summed E-state index contributed by atoms with van der Waals surface area (Å²) in [5.74, 6) is 0.0455. The van der Waals surface area contributed by atoms with Crippen LogP contribution in [0.2, 0.25) is 0 Å². The van der Waals surface area contributed by atoms with Crippen LogP contribution in [-0.2, 0) is 9.53 Å². The summed E-state index contributed by atoms with van der Waals surface area (Å²) < 4.78 is 5.55. The number of amides is 1. The van der Waals surface area contributed by atoms with Gasteiger partial charge < -0.3 is 20.6 Å². The first kappa shape index (κ1) is 13.1. The third kappa shape index (κ3) is 2.05. The zero-order valence-corrected chi connectivity index (χ0v) is 10.8. The molecule has 0 radical (unpaired) electrons. The van der Waals surface area contributed by atoms with Gasteiger partial charge in [0, 0.05) is 13.1 Å². The molecule has 0 aromatic heterocycles. The predicted octanol–water partition coefficient (Wildman–Crippen LogP) is 0.540. The zero-order valence-electron chi connectivity index (χ0n) is 10.8. The Kier molecular flexibility index (Phi) is 3.75. The van der Waals surface area contributed by atoms with Crippen molar-refractivity contribution in [1.29, 1.82) is 0 Å². The van der Waals surface area contributed by atoms with Crippen molar-refractivity contribution in [3.8, 4) is 0 Å². The summed E-state index contributed by atoms with van der Waals surface area (Å²) in [6, 6.07) is 0. The predicted molar refractivity (Wildman–Crippen MR) is 66.3 cm³/mol. The fourth-order valence-electron chi connectivity index (χ4n) is 2.66. The molecule has 102 valence electrons. The van der Waals surface area contributed by atoms with E-state index in [-0.39, 0.29) is 17.8 Å². The minimum Gasteiger partial charge on any atom is -0.409 e. The molecule has 1 amide bonds. The topological polar surface area (TPSA) is 88.2 Å². The molecule has 1 aliphatic heterocycles. The van der Waals surface area contributed by atoms with Crippen LogP contribution >= 0.6 is 0 Å². The second kappa shape index (κ2) is 5.14. The Morgan fingerprint density at radius 3 is 2.83 bits per heavy atom. The minimum atomic E-state index is -0.760. The summed E-state index contributed by atoms with van der Waals surface area (Å²) in [5.41, 5.74) is 4.95. The van der Waals surface area contributed by atoms with Crippen molar-refractivity contribution in [2.75, 3.05) is 19.7 Å². The van der Waals surface area contributed by atoms with Crippen LogP contribution in [0.3, 0.4) is 0 Å². The highest BCUT2D eigenvalue weighted by molar-refractivity contribution is 6.07.